The van der Waals surface area contributed by atoms with Crippen LogP contribution in [0.1, 0.15) is 37.0 Å². The Morgan fingerprint density at radius 3 is 2.54 bits per heavy atom. The number of carbonyl (C=O) groups is 1. The highest BCUT2D eigenvalue weighted by molar-refractivity contribution is 5.83. The van der Waals surface area contributed by atoms with Crippen LogP contribution in [0.15, 0.2) is 23.0 Å². The van der Waals surface area contributed by atoms with E-state index in [0.29, 0.717) is 31.0 Å². The summed E-state index contributed by atoms with van der Waals surface area (Å²) in [5.41, 5.74) is 3.73. The third-order valence-corrected chi connectivity index (χ3v) is 4.08. The molecule has 1 aromatic carbocycles. The maximum atomic E-state index is 12.2. The maximum absolute atomic E-state index is 12.2. The second kappa shape index (κ2) is 7.99. The molecule has 5 heteroatoms. The Morgan fingerprint density at radius 1 is 1.12 bits per heavy atom. The first-order valence-electron chi connectivity index (χ1n) is 8.51. The molecule has 2 amide bonds. The van der Waals surface area contributed by atoms with Gasteiger partial charge >= 0.3 is 6.03 Å². The Kier molecular flexibility index (Phi) is 6.01. The lowest BCUT2D eigenvalue weighted by Gasteiger charge is -2.10. The first-order chi connectivity index (χ1) is 11.4. The van der Waals surface area contributed by atoms with Crippen molar-refractivity contribution in [2.75, 3.05) is 13.1 Å². The third-order valence-electron chi connectivity index (χ3n) is 4.08. The summed E-state index contributed by atoms with van der Waals surface area (Å²) in [4.78, 5) is 26.8. The van der Waals surface area contributed by atoms with Crippen molar-refractivity contribution in [3.05, 3.63) is 45.2 Å². The van der Waals surface area contributed by atoms with Crippen molar-refractivity contribution < 1.29 is 4.79 Å². The minimum atomic E-state index is -0.181. The van der Waals surface area contributed by atoms with Crippen LogP contribution in [-0.4, -0.2) is 24.1 Å². The van der Waals surface area contributed by atoms with Gasteiger partial charge in [-0.3, -0.25) is 4.79 Å². The van der Waals surface area contributed by atoms with Crippen molar-refractivity contribution in [2.24, 2.45) is 5.92 Å². The van der Waals surface area contributed by atoms with Gasteiger partial charge in [0.1, 0.15) is 0 Å². The molecule has 3 N–H and O–H groups in total. The van der Waals surface area contributed by atoms with E-state index in [1.165, 1.54) is 0 Å². The molecule has 0 saturated heterocycles. The monoisotopic (exact) mass is 329 g/mol. The van der Waals surface area contributed by atoms with Crippen LogP contribution in [0.3, 0.4) is 0 Å². The summed E-state index contributed by atoms with van der Waals surface area (Å²) in [6, 6.07) is 5.83. The molecule has 0 radical (unpaired) electrons. The van der Waals surface area contributed by atoms with Crippen LogP contribution in [0.4, 0.5) is 4.79 Å². The number of pyridine rings is 1. The van der Waals surface area contributed by atoms with Crippen LogP contribution >= 0.6 is 0 Å². The molecule has 0 saturated carbocycles. The number of hydrogen-bond donors (Lipinski definition) is 3. The summed E-state index contributed by atoms with van der Waals surface area (Å²) in [5.74, 6) is 0.563. The second-order valence-corrected chi connectivity index (χ2v) is 6.78. The molecule has 24 heavy (non-hydrogen) atoms. The molecule has 0 aliphatic rings. The van der Waals surface area contributed by atoms with Crippen LogP contribution < -0.4 is 16.2 Å². The van der Waals surface area contributed by atoms with Crippen molar-refractivity contribution in [1.29, 1.82) is 0 Å². The average Bonchev–Trinajstić information content (AvgIpc) is 2.47. The summed E-state index contributed by atoms with van der Waals surface area (Å²) in [5, 5.41) is 6.68. The maximum Gasteiger partial charge on any atom is 0.314 e. The molecule has 0 aliphatic heterocycles. The minimum absolute atomic E-state index is 0.0884. The van der Waals surface area contributed by atoms with E-state index in [1.807, 2.05) is 26.0 Å². The number of aromatic amines is 1. The van der Waals surface area contributed by atoms with E-state index in [9.17, 15) is 9.59 Å². The topological polar surface area (TPSA) is 74.0 Å². The standard InChI is InChI=1S/C19H27N3O2/c1-12(2)5-7-20-19(24)21-8-6-15-11-16-14(4)9-13(3)10-17(16)22-18(15)23/h9-12H,5-8H2,1-4H3,(H,22,23)(H2,20,21,24). The van der Waals surface area contributed by atoms with Crippen molar-refractivity contribution in [2.45, 2.75) is 40.5 Å². The Hall–Kier alpha value is -2.30. The first kappa shape index (κ1) is 18.0. The zero-order chi connectivity index (χ0) is 17.7. The van der Waals surface area contributed by atoms with E-state index in [4.69, 9.17) is 0 Å². The van der Waals surface area contributed by atoms with Gasteiger partial charge in [0.25, 0.3) is 5.56 Å². The van der Waals surface area contributed by atoms with Crippen molar-refractivity contribution in [3.8, 4) is 0 Å². The van der Waals surface area contributed by atoms with Gasteiger partial charge in [-0.2, -0.15) is 0 Å². The number of fused-ring (bicyclic) bond motifs is 1. The molecule has 2 rings (SSSR count). The number of aryl methyl sites for hydroxylation is 2. The number of urea groups is 1. The van der Waals surface area contributed by atoms with Gasteiger partial charge in [0.05, 0.1) is 0 Å². The molecule has 0 fully saturated rings. The number of carbonyl (C=O) groups excluding carboxylic acids is 1. The molecule has 5 nitrogen and oxygen atoms in total. The Bertz CT molecular complexity index is 778. The number of aromatic nitrogens is 1. The van der Waals surface area contributed by atoms with Crippen LogP contribution in [0.5, 0.6) is 0 Å². The normalized spacial score (nSPS) is 11.0. The fourth-order valence-electron chi connectivity index (χ4n) is 2.75. The van der Waals surface area contributed by atoms with E-state index in [-0.39, 0.29) is 11.6 Å². The predicted octanol–water partition coefficient (Wildman–Crippen LogP) is 3.03. The molecule has 2 aromatic rings. The summed E-state index contributed by atoms with van der Waals surface area (Å²) in [6.07, 6.45) is 1.46. The fourth-order valence-corrected chi connectivity index (χ4v) is 2.75. The Morgan fingerprint density at radius 2 is 1.83 bits per heavy atom. The van der Waals surface area contributed by atoms with Gasteiger partial charge in [0, 0.05) is 29.6 Å². The van der Waals surface area contributed by atoms with Crippen LogP contribution in [-0.2, 0) is 6.42 Å². The highest BCUT2D eigenvalue weighted by atomic mass is 16.2. The smallest absolute Gasteiger partial charge is 0.314 e. The van der Waals surface area contributed by atoms with Gasteiger partial charge in [-0.15, -0.1) is 0 Å². The molecule has 0 aliphatic carbocycles. The quantitative estimate of drug-likeness (QED) is 0.762. The molecule has 0 bridgehead atoms. The van der Waals surface area contributed by atoms with Crippen LogP contribution in [0, 0.1) is 19.8 Å². The summed E-state index contributed by atoms with van der Waals surface area (Å²) < 4.78 is 0. The zero-order valence-corrected chi connectivity index (χ0v) is 15.0. The third kappa shape index (κ3) is 4.85. The Balaban J connectivity index is 1.97. The first-order valence-corrected chi connectivity index (χ1v) is 8.51. The van der Waals surface area contributed by atoms with E-state index >= 15 is 0 Å². The van der Waals surface area contributed by atoms with Crippen molar-refractivity contribution in [1.82, 2.24) is 15.6 Å². The number of benzene rings is 1. The number of rotatable bonds is 6. The minimum Gasteiger partial charge on any atom is -0.338 e. The molecule has 0 unspecified atom stereocenters. The predicted molar refractivity (Wildman–Crippen MR) is 98.6 cm³/mol. The number of amides is 2. The summed E-state index contributed by atoms with van der Waals surface area (Å²) in [6.45, 7) is 9.40. The summed E-state index contributed by atoms with van der Waals surface area (Å²) >= 11 is 0. The molecule has 0 atom stereocenters. The Labute approximate surface area is 142 Å². The van der Waals surface area contributed by atoms with Gasteiger partial charge in [-0.05, 0) is 55.9 Å². The van der Waals surface area contributed by atoms with Crippen molar-refractivity contribution in [3.63, 3.8) is 0 Å². The number of H-pyrrole nitrogens is 1. The highest BCUT2D eigenvalue weighted by Gasteiger charge is 2.07. The number of nitrogens with one attached hydrogen (secondary N) is 3. The van der Waals surface area contributed by atoms with Crippen LogP contribution in [0.2, 0.25) is 0 Å². The van der Waals surface area contributed by atoms with Gasteiger partial charge in [-0.1, -0.05) is 19.9 Å². The highest BCUT2D eigenvalue weighted by Crippen LogP contribution is 2.18. The van der Waals surface area contributed by atoms with E-state index in [1.54, 1.807) is 0 Å². The van der Waals surface area contributed by atoms with E-state index < -0.39 is 0 Å². The molecular weight excluding hydrogens is 302 g/mol. The van der Waals surface area contributed by atoms with Gasteiger partial charge in [0.15, 0.2) is 0 Å². The lowest BCUT2D eigenvalue weighted by Crippen LogP contribution is -2.37. The van der Waals surface area contributed by atoms with Gasteiger partial charge < -0.3 is 15.6 Å². The molecule has 1 heterocycles. The fraction of sp³-hybridized carbons (Fsp3) is 0.474. The SMILES string of the molecule is Cc1cc(C)c2cc(CCNC(=O)NCCC(C)C)c(=O)[nH]c2c1. The molecular formula is C19H27N3O2. The van der Waals surface area contributed by atoms with Gasteiger partial charge in [0.2, 0.25) is 0 Å². The average molecular weight is 329 g/mol. The van der Waals surface area contributed by atoms with E-state index in [2.05, 4.69) is 35.5 Å². The molecule has 0 spiro atoms. The summed E-state index contributed by atoms with van der Waals surface area (Å²) in [7, 11) is 0. The zero-order valence-electron chi connectivity index (χ0n) is 15.0. The molecule has 1 aromatic heterocycles. The lowest BCUT2D eigenvalue weighted by molar-refractivity contribution is 0.240. The molecule has 130 valence electrons. The number of hydrogen-bond acceptors (Lipinski definition) is 2. The van der Waals surface area contributed by atoms with Gasteiger partial charge in [-0.25, -0.2) is 4.79 Å². The lowest BCUT2D eigenvalue weighted by atomic mass is 10.0. The largest absolute Gasteiger partial charge is 0.338 e. The second-order valence-electron chi connectivity index (χ2n) is 6.78. The van der Waals surface area contributed by atoms with Crippen LogP contribution in [0.25, 0.3) is 10.9 Å². The van der Waals surface area contributed by atoms with Crippen molar-refractivity contribution >= 4 is 16.9 Å². The van der Waals surface area contributed by atoms with E-state index in [0.717, 1.165) is 28.5 Å².